The molecule has 3 aromatic rings. The number of methoxy groups -OCH3 is 2. The van der Waals surface area contributed by atoms with Gasteiger partial charge >= 0.3 is 0 Å². The second-order valence-electron chi connectivity index (χ2n) is 6.67. The zero-order valence-corrected chi connectivity index (χ0v) is 16.9. The van der Waals surface area contributed by atoms with E-state index in [0.29, 0.717) is 22.9 Å². The normalized spacial score (nSPS) is 11.0. The molecule has 0 fully saturated rings. The number of rotatable bonds is 6. The van der Waals surface area contributed by atoms with Gasteiger partial charge in [0.1, 0.15) is 11.5 Å². The van der Waals surface area contributed by atoms with Crippen LogP contribution in [0.4, 0.5) is 0 Å². The highest BCUT2D eigenvalue weighted by molar-refractivity contribution is 6.31. The van der Waals surface area contributed by atoms with Crippen LogP contribution in [0.1, 0.15) is 35.6 Å². The summed E-state index contributed by atoms with van der Waals surface area (Å²) in [4.78, 5) is 15.9. The average Bonchev–Trinajstić information content (AvgIpc) is 2.66. The molecule has 1 aromatic heterocycles. The maximum atomic E-state index is 12.9. The Hall–Kier alpha value is -2.46. The standard InChI is InChI=1S/C22H24ClNO3/c1-5-6-16-17(9-14-8-7-13(2)18(23)10-14)22(25)24-19-11-15(26-3)12-20(27-4)21(16)19/h7-8,10-12H,5-6,9H2,1-4H3,(H,24,25). The summed E-state index contributed by atoms with van der Waals surface area (Å²) in [5.74, 6) is 1.35. The van der Waals surface area contributed by atoms with Crippen molar-refractivity contribution in [2.24, 2.45) is 0 Å². The molecular formula is C22H24ClNO3. The maximum absolute atomic E-state index is 12.9. The molecule has 0 aliphatic heterocycles. The molecule has 1 heterocycles. The Morgan fingerprint density at radius 2 is 1.85 bits per heavy atom. The van der Waals surface area contributed by atoms with E-state index in [1.165, 1.54) is 0 Å². The van der Waals surface area contributed by atoms with Crippen LogP contribution in [0.15, 0.2) is 35.1 Å². The second kappa shape index (κ2) is 8.05. The van der Waals surface area contributed by atoms with Crippen LogP contribution in [0.3, 0.4) is 0 Å². The molecule has 142 valence electrons. The van der Waals surface area contributed by atoms with Gasteiger partial charge in [0, 0.05) is 34.5 Å². The fraction of sp³-hybridized carbons (Fsp3) is 0.318. The van der Waals surface area contributed by atoms with Crippen molar-refractivity contribution in [1.29, 1.82) is 0 Å². The van der Waals surface area contributed by atoms with Gasteiger partial charge in [-0.05, 0) is 36.1 Å². The predicted octanol–water partition coefficient (Wildman–Crippen LogP) is 5.05. The topological polar surface area (TPSA) is 51.3 Å². The smallest absolute Gasteiger partial charge is 0.252 e. The molecule has 0 aliphatic rings. The molecule has 4 nitrogen and oxygen atoms in total. The van der Waals surface area contributed by atoms with Gasteiger partial charge < -0.3 is 14.5 Å². The van der Waals surface area contributed by atoms with Gasteiger partial charge in [-0.1, -0.05) is 37.1 Å². The largest absolute Gasteiger partial charge is 0.497 e. The van der Waals surface area contributed by atoms with Crippen LogP contribution in [0, 0.1) is 6.92 Å². The second-order valence-corrected chi connectivity index (χ2v) is 7.08. The Morgan fingerprint density at radius 1 is 1.07 bits per heavy atom. The number of aryl methyl sites for hydroxylation is 2. The van der Waals surface area contributed by atoms with Crippen LogP contribution < -0.4 is 15.0 Å². The first-order valence-corrected chi connectivity index (χ1v) is 9.41. The Kier molecular flexibility index (Phi) is 5.76. The molecule has 0 amide bonds. The first-order valence-electron chi connectivity index (χ1n) is 9.03. The van der Waals surface area contributed by atoms with Crippen LogP contribution in [0.5, 0.6) is 11.5 Å². The summed E-state index contributed by atoms with van der Waals surface area (Å²) < 4.78 is 11.0. The van der Waals surface area contributed by atoms with Gasteiger partial charge in [-0.3, -0.25) is 4.79 Å². The molecule has 5 heteroatoms. The highest BCUT2D eigenvalue weighted by Crippen LogP contribution is 2.34. The van der Waals surface area contributed by atoms with Gasteiger partial charge in [0.25, 0.3) is 5.56 Å². The van der Waals surface area contributed by atoms with Gasteiger partial charge in [-0.2, -0.15) is 0 Å². The van der Waals surface area contributed by atoms with E-state index < -0.39 is 0 Å². The highest BCUT2D eigenvalue weighted by Gasteiger charge is 2.17. The summed E-state index contributed by atoms with van der Waals surface area (Å²) in [5.41, 5.74) is 4.46. The quantitative estimate of drug-likeness (QED) is 0.645. The van der Waals surface area contributed by atoms with Crippen molar-refractivity contribution in [3.8, 4) is 11.5 Å². The molecule has 0 saturated heterocycles. The fourth-order valence-electron chi connectivity index (χ4n) is 3.43. The van der Waals surface area contributed by atoms with Crippen LogP contribution in [-0.4, -0.2) is 19.2 Å². The number of aromatic amines is 1. The minimum Gasteiger partial charge on any atom is -0.497 e. The number of halogens is 1. The number of ether oxygens (including phenoxy) is 2. The van der Waals surface area contributed by atoms with E-state index in [1.807, 2.05) is 37.3 Å². The summed E-state index contributed by atoms with van der Waals surface area (Å²) in [6.45, 7) is 4.07. The van der Waals surface area contributed by atoms with Crippen molar-refractivity contribution < 1.29 is 9.47 Å². The van der Waals surface area contributed by atoms with Crippen molar-refractivity contribution >= 4 is 22.5 Å². The lowest BCUT2D eigenvalue weighted by atomic mass is 9.94. The first kappa shape index (κ1) is 19.3. The number of fused-ring (bicyclic) bond motifs is 1. The molecule has 0 radical (unpaired) electrons. The molecule has 0 atom stereocenters. The number of pyridine rings is 1. The number of aromatic nitrogens is 1. The Balaban J connectivity index is 2.25. The van der Waals surface area contributed by atoms with Gasteiger partial charge in [0.05, 0.1) is 19.7 Å². The molecular weight excluding hydrogens is 362 g/mol. The van der Waals surface area contributed by atoms with Gasteiger partial charge in [-0.25, -0.2) is 0 Å². The zero-order chi connectivity index (χ0) is 19.6. The van der Waals surface area contributed by atoms with E-state index in [-0.39, 0.29) is 5.56 Å². The summed E-state index contributed by atoms with van der Waals surface area (Å²) in [5, 5.41) is 1.65. The molecule has 0 spiro atoms. The van der Waals surface area contributed by atoms with Crippen LogP contribution in [-0.2, 0) is 12.8 Å². The van der Waals surface area contributed by atoms with Crippen molar-refractivity contribution in [2.75, 3.05) is 14.2 Å². The molecule has 1 N–H and O–H groups in total. The monoisotopic (exact) mass is 385 g/mol. The van der Waals surface area contributed by atoms with E-state index in [9.17, 15) is 4.79 Å². The lowest BCUT2D eigenvalue weighted by Gasteiger charge is -2.16. The number of nitrogens with one attached hydrogen (secondary N) is 1. The molecule has 3 rings (SSSR count). The SMILES string of the molecule is CCCc1c(Cc2ccc(C)c(Cl)c2)c(=O)[nH]c2cc(OC)cc(OC)c12. The summed E-state index contributed by atoms with van der Waals surface area (Å²) >= 11 is 6.28. The fourth-order valence-corrected chi connectivity index (χ4v) is 3.63. The predicted molar refractivity (Wildman–Crippen MR) is 111 cm³/mol. The van der Waals surface area contributed by atoms with Crippen molar-refractivity contribution in [2.45, 2.75) is 33.1 Å². The van der Waals surface area contributed by atoms with Crippen molar-refractivity contribution in [1.82, 2.24) is 4.98 Å². The van der Waals surface area contributed by atoms with E-state index in [2.05, 4.69) is 11.9 Å². The average molecular weight is 386 g/mol. The maximum Gasteiger partial charge on any atom is 0.252 e. The lowest BCUT2D eigenvalue weighted by molar-refractivity contribution is 0.397. The van der Waals surface area contributed by atoms with Crippen LogP contribution in [0.2, 0.25) is 5.02 Å². The number of H-pyrrole nitrogens is 1. The minimum atomic E-state index is -0.0852. The number of hydrogen-bond donors (Lipinski definition) is 1. The van der Waals surface area contributed by atoms with Crippen LogP contribution >= 0.6 is 11.6 Å². The van der Waals surface area contributed by atoms with Gasteiger partial charge in [0.15, 0.2) is 0 Å². The van der Waals surface area contributed by atoms with E-state index in [0.717, 1.165) is 46.0 Å². The van der Waals surface area contributed by atoms with Crippen LogP contribution in [0.25, 0.3) is 10.9 Å². The molecule has 2 aromatic carbocycles. The summed E-state index contributed by atoms with van der Waals surface area (Å²) in [6, 6.07) is 9.63. The molecule has 0 aliphatic carbocycles. The third-order valence-corrected chi connectivity index (χ3v) is 5.24. The molecule has 27 heavy (non-hydrogen) atoms. The minimum absolute atomic E-state index is 0.0852. The van der Waals surface area contributed by atoms with Gasteiger partial charge in [-0.15, -0.1) is 0 Å². The Bertz CT molecular complexity index is 1040. The Morgan fingerprint density at radius 3 is 2.48 bits per heavy atom. The molecule has 0 bridgehead atoms. The number of hydrogen-bond acceptors (Lipinski definition) is 3. The van der Waals surface area contributed by atoms with E-state index in [4.69, 9.17) is 21.1 Å². The van der Waals surface area contributed by atoms with E-state index in [1.54, 1.807) is 14.2 Å². The molecule has 0 unspecified atom stereocenters. The first-order chi connectivity index (χ1) is 13.0. The van der Waals surface area contributed by atoms with Crippen molar-refractivity contribution in [3.63, 3.8) is 0 Å². The summed E-state index contributed by atoms with van der Waals surface area (Å²) in [6.07, 6.45) is 2.24. The Labute approximate surface area is 164 Å². The number of benzene rings is 2. The van der Waals surface area contributed by atoms with Crippen molar-refractivity contribution in [3.05, 3.63) is 68.0 Å². The highest BCUT2D eigenvalue weighted by atomic mass is 35.5. The third kappa shape index (κ3) is 3.81. The summed E-state index contributed by atoms with van der Waals surface area (Å²) in [7, 11) is 3.23. The third-order valence-electron chi connectivity index (χ3n) is 4.84. The van der Waals surface area contributed by atoms with Gasteiger partial charge in [0.2, 0.25) is 0 Å². The molecule has 0 saturated carbocycles. The lowest BCUT2D eigenvalue weighted by Crippen LogP contribution is -2.17. The van der Waals surface area contributed by atoms with E-state index >= 15 is 0 Å². The zero-order valence-electron chi connectivity index (χ0n) is 16.1.